The molecule has 1 amide bonds. The van der Waals surface area contributed by atoms with Crippen LogP contribution >= 0.6 is 0 Å². The lowest BCUT2D eigenvalue weighted by Crippen LogP contribution is -2.41. The van der Waals surface area contributed by atoms with Crippen LogP contribution in [0, 0.1) is 6.92 Å². The zero-order valence-corrected chi connectivity index (χ0v) is 13.1. The van der Waals surface area contributed by atoms with E-state index in [1.165, 1.54) is 22.3 Å². The van der Waals surface area contributed by atoms with Crippen LogP contribution in [0.15, 0.2) is 48.5 Å². The lowest BCUT2D eigenvalue weighted by Gasteiger charge is -2.37. The number of carbonyl (C=O) groups is 1. The van der Waals surface area contributed by atoms with Gasteiger partial charge >= 0.3 is 6.09 Å². The van der Waals surface area contributed by atoms with Crippen molar-refractivity contribution in [3.63, 3.8) is 0 Å². The minimum Gasteiger partial charge on any atom is -0.450 e. The van der Waals surface area contributed by atoms with Crippen LogP contribution in [0.3, 0.4) is 0 Å². The van der Waals surface area contributed by atoms with Gasteiger partial charge in [0.05, 0.1) is 12.6 Å². The number of hydrogen-bond donors (Lipinski definition) is 0. The summed E-state index contributed by atoms with van der Waals surface area (Å²) in [4.78, 5) is 14.3. The van der Waals surface area contributed by atoms with Crippen molar-refractivity contribution >= 4 is 6.09 Å². The molecule has 3 heteroatoms. The maximum absolute atomic E-state index is 12.4. The second kappa shape index (κ2) is 6.22. The van der Waals surface area contributed by atoms with Crippen LogP contribution in [-0.4, -0.2) is 24.1 Å². The summed E-state index contributed by atoms with van der Waals surface area (Å²) in [5.41, 5.74) is 4.88. The Kier molecular flexibility index (Phi) is 4.14. The Labute approximate surface area is 131 Å². The Morgan fingerprint density at radius 3 is 2.55 bits per heavy atom. The number of aryl methyl sites for hydroxylation is 1. The Morgan fingerprint density at radius 1 is 1.14 bits per heavy atom. The highest BCUT2D eigenvalue weighted by atomic mass is 16.6. The van der Waals surface area contributed by atoms with Gasteiger partial charge in [-0.3, -0.25) is 4.90 Å². The molecule has 0 spiro atoms. The molecule has 1 aliphatic rings. The van der Waals surface area contributed by atoms with E-state index in [-0.39, 0.29) is 12.1 Å². The van der Waals surface area contributed by atoms with Gasteiger partial charge < -0.3 is 4.74 Å². The number of hydrogen-bond acceptors (Lipinski definition) is 2. The summed E-state index contributed by atoms with van der Waals surface area (Å²) in [5.74, 6) is 0. The molecule has 1 aliphatic heterocycles. The van der Waals surface area contributed by atoms with E-state index in [1.54, 1.807) is 0 Å². The van der Waals surface area contributed by atoms with Gasteiger partial charge in [-0.05, 0) is 42.5 Å². The normalized spacial score (nSPS) is 17.0. The fourth-order valence-electron chi connectivity index (χ4n) is 3.20. The molecule has 0 bridgehead atoms. The summed E-state index contributed by atoms with van der Waals surface area (Å²) < 4.78 is 5.27. The Bertz CT molecular complexity index is 681. The molecule has 0 aliphatic carbocycles. The highest BCUT2D eigenvalue weighted by Crippen LogP contribution is 2.36. The summed E-state index contributed by atoms with van der Waals surface area (Å²) in [6, 6.07) is 16.6. The van der Waals surface area contributed by atoms with Crippen LogP contribution in [-0.2, 0) is 11.2 Å². The van der Waals surface area contributed by atoms with E-state index in [0.717, 1.165) is 6.42 Å². The van der Waals surface area contributed by atoms with Gasteiger partial charge in [0.15, 0.2) is 0 Å². The second-order valence-corrected chi connectivity index (χ2v) is 5.60. The van der Waals surface area contributed by atoms with E-state index in [0.29, 0.717) is 13.2 Å². The molecule has 22 heavy (non-hydrogen) atoms. The minimum atomic E-state index is -0.231. The first kappa shape index (κ1) is 14.6. The lowest BCUT2D eigenvalue weighted by atomic mass is 9.87. The zero-order chi connectivity index (χ0) is 15.5. The van der Waals surface area contributed by atoms with Crippen molar-refractivity contribution in [1.82, 2.24) is 4.90 Å². The topological polar surface area (TPSA) is 29.5 Å². The Hall–Kier alpha value is -2.29. The first-order valence-corrected chi connectivity index (χ1v) is 7.79. The minimum absolute atomic E-state index is 0.0646. The van der Waals surface area contributed by atoms with Crippen molar-refractivity contribution in [3.05, 3.63) is 70.8 Å². The van der Waals surface area contributed by atoms with Gasteiger partial charge in [-0.2, -0.15) is 0 Å². The van der Waals surface area contributed by atoms with Crippen LogP contribution in [0.1, 0.15) is 35.2 Å². The number of ether oxygens (including phenoxy) is 1. The van der Waals surface area contributed by atoms with Crippen molar-refractivity contribution in [2.24, 2.45) is 0 Å². The monoisotopic (exact) mass is 295 g/mol. The maximum atomic E-state index is 12.4. The number of rotatable bonds is 2. The smallest absolute Gasteiger partial charge is 0.410 e. The molecule has 0 radical (unpaired) electrons. The maximum Gasteiger partial charge on any atom is 0.410 e. The predicted molar refractivity (Wildman–Crippen MR) is 86.9 cm³/mol. The average molecular weight is 295 g/mol. The largest absolute Gasteiger partial charge is 0.450 e. The van der Waals surface area contributed by atoms with Gasteiger partial charge in [-0.25, -0.2) is 4.79 Å². The molecule has 0 N–H and O–H groups in total. The molecule has 0 aromatic heterocycles. The van der Waals surface area contributed by atoms with Crippen LogP contribution in [0.4, 0.5) is 4.79 Å². The molecular formula is C19H21NO2. The molecule has 1 unspecified atom stereocenters. The predicted octanol–water partition coefficient (Wildman–Crippen LogP) is 4.10. The van der Waals surface area contributed by atoms with Crippen LogP contribution < -0.4 is 0 Å². The van der Waals surface area contributed by atoms with Crippen molar-refractivity contribution < 1.29 is 9.53 Å². The van der Waals surface area contributed by atoms with E-state index in [2.05, 4.69) is 37.3 Å². The number of amides is 1. The number of benzene rings is 2. The number of nitrogens with zero attached hydrogens (tertiary/aromatic N) is 1. The Morgan fingerprint density at radius 2 is 1.82 bits per heavy atom. The standard InChI is InChI=1S/C19H21NO2/c1-3-22-19(21)20-13-12-15-9-5-7-11-17(15)18(20)16-10-6-4-8-14(16)2/h4-11,18H,3,12-13H2,1-2H3. The van der Waals surface area contributed by atoms with Crippen LogP contribution in [0.2, 0.25) is 0 Å². The quantitative estimate of drug-likeness (QED) is 0.835. The van der Waals surface area contributed by atoms with Crippen molar-refractivity contribution in [2.75, 3.05) is 13.2 Å². The molecule has 3 nitrogen and oxygen atoms in total. The van der Waals surface area contributed by atoms with E-state index in [9.17, 15) is 4.79 Å². The number of carbonyl (C=O) groups excluding carboxylic acids is 1. The van der Waals surface area contributed by atoms with Crippen molar-refractivity contribution in [3.8, 4) is 0 Å². The van der Waals surface area contributed by atoms with Gasteiger partial charge in [0, 0.05) is 6.54 Å². The van der Waals surface area contributed by atoms with Crippen molar-refractivity contribution in [2.45, 2.75) is 26.3 Å². The fraction of sp³-hybridized carbons (Fsp3) is 0.316. The third-order valence-corrected chi connectivity index (χ3v) is 4.27. The Balaban J connectivity index is 2.10. The second-order valence-electron chi connectivity index (χ2n) is 5.60. The molecule has 0 fully saturated rings. The molecule has 3 rings (SSSR count). The first-order valence-electron chi connectivity index (χ1n) is 7.79. The molecule has 0 saturated heterocycles. The molecule has 1 atom stereocenters. The van der Waals surface area contributed by atoms with E-state index >= 15 is 0 Å². The molecule has 114 valence electrons. The SMILES string of the molecule is CCOC(=O)N1CCc2ccccc2C1c1ccccc1C. The van der Waals surface area contributed by atoms with Crippen LogP contribution in [0.25, 0.3) is 0 Å². The summed E-state index contributed by atoms with van der Waals surface area (Å²) in [6.07, 6.45) is 0.641. The zero-order valence-electron chi connectivity index (χ0n) is 13.1. The lowest BCUT2D eigenvalue weighted by molar-refractivity contribution is 0.0937. The molecule has 0 saturated carbocycles. The number of fused-ring (bicyclic) bond motifs is 1. The van der Waals surface area contributed by atoms with Gasteiger partial charge in [0.25, 0.3) is 0 Å². The van der Waals surface area contributed by atoms with Gasteiger partial charge in [-0.1, -0.05) is 48.5 Å². The summed E-state index contributed by atoms with van der Waals surface area (Å²) in [5, 5.41) is 0. The molecule has 2 aromatic rings. The van der Waals surface area contributed by atoms with E-state index < -0.39 is 0 Å². The third-order valence-electron chi connectivity index (χ3n) is 4.27. The summed E-state index contributed by atoms with van der Waals surface area (Å²) in [6.45, 7) is 5.03. The summed E-state index contributed by atoms with van der Waals surface area (Å²) in [7, 11) is 0. The van der Waals surface area contributed by atoms with E-state index in [1.807, 2.05) is 30.0 Å². The molecule has 1 heterocycles. The van der Waals surface area contributed by atoms with E-state index in [4.69, 9.17) is 4.74 Å². The fourth-order valence-corrected chi connectivity index (χ4v) is 3.20. The van der Waals surface area contributed by atoms with Gasteiger partial charge in [0.1, 0.15) is 0 Å². The first-order chi connectivity index (χ1) is 10.7. The molecular weight excluding hydrogens is 274 g/mol. The van der Waals surface area contributed by atoms with Gasteiger partial charge in [0.2, 0.25) is 0 Å². The summed E-state index contributed by atoms with van der Waals surface area (Å²) >= 11 is 0. The molecule has 2 aromatic carbocycles. The third kappa shape index (κ3) is 2.59. The van der Waals surface area contributed by atoms with Crippen molar-refractivity contribution in [1.29, 1.82) is 0 Å². The van der Waals surface area contributed by atoms with Gasteiger partial charge in [-0.15, -0.1) is 0 Å². The van der Waals surface area contributed by atoms with Crippen LogP contribution in [0.5, 0.6) is 0 Å². The average Bonchev–Trinajstić information content (AvgIpc) is 2.54. The highest BCUT2D eigenvalue weighted by Gasteiger charge is 2.33. The highest BCUT2D eigenvalue weighted by molar-refractivity contribution is 5.70.